The van der Waals surface area contributed by atoms with Gasteiger partial charge in [0.05, 0.1) is 19.6 Å². The lowest BCUT2D eigenvalue weighted by Crippen LogP contribution is -2.26. The summed E-state index contributed by atoms with van der Waals surface area (Å²) in [6.07, 6.45) is -0.910. The van der Waals surface area contributed by atoms with Gasteiger partial charge >= 0.3 is 0 Å². The summed E-state index contributed by atoms with van der Waals surface area (Å²) in [5, 5.41) is 0.399. The van der Waals surface area contributed by atoms with Crippen LogP contribution in [0, 0.1) is 13.8 Å². The number of carbonyl (C=O) groups is 1. The quantitative estimate of drug-likeness (QED) is 0.329. The van der Waals surface area contributed by atoms with Crippen molar-refractivity contribution in [1.82, 2.24) is 0 Å². The average molecular weight is 459 g/mol. The summed E-state index contributed by atoms with van der Waals surface area (Å²) in [5.74, 6) is 0.970. The first-order chi connectivity index (χ1) is 16.3. The van der Waals surface area contributed by atoms with E-state index >= 15 is 0 Å². The molecule has 6 heteroatoms. The molecule has 1 heterocycles. The number of hydrogen-bond acceptors (Lipinski definition) is 6. The molecule has 0 aliphatic carbocycles. The molecule has 0 radical (unpaired) electrons. The Morgan fingerprint density at radius 3 is 2.29 bits per heavy atom. The van der Waals surface area contributed by atoms with E-state index in [9.17, 15) is 9.59 Å². The van der Waals surface area contributed by atoms with E-state index in [4.69, 9.17) is 18.6 Å². The van der Waals surface area contributed by atoms with Gasteiger partial charge in [-0.2, -0.15) is 0 Å². The third-order valence-corrected chi connectivity index (χ3v) is 5.65. The van der Waals surface area contributed by atoms with E-state index < -0.39 is 6.10 Å². The van der Waals surface area contributed by atoms with Crippen molar-refractivity contribution in [2.24, 2.45) is 0 Å². The van der Waals surface area contributed by atoms with E-state index in [0.29, 0.717) is 33.6 Å². The van der Waals surface area contributed by atoms with E-state index in [2.05, 4.69) is 0 Å². The lowest BCUT2D eigenvalue weighted by Gasteiger charge is -2.18. The maximum absolute atomic E-state index is 13.6. The Bertz CT molecular complexity index is 1420. The topological polar surface area (TPSA) is 75.0 Å². The zero-order chi connectivity index (χ0) is 24.4. The molecule has 0 fully saturated rings. The minimum atomic E-state index is -0.910. The van der Waals surface area contributed by atoms with Gasteiger partial charge in [0.2, 0.25) is 17.0 Å². The van der Waals surface area contributed by atoms with Gasteiger partial charge in [-0.1, -0.05) is 36.4 Å². The number of aryl methyl sites for hydroxylation is 2. The maximum atomic E-state index is 13.6. The number of hydrogen-bond donors (Lipinski definition) is 0. The number of ether oxygens (including phenoxy) is 3. The molecule has 1 aromatic heterocycles. The average Bonchev–Trinajstić information content (AvgIpc) is 2.85. The Morgan fingerprint density at radius 2 is 1.62 bits per heavy atom. The lowest BCUT2D eigenvalue weighted by molar-refractivity contribution is 0.0815. The maximum Gasteiger partial charge on any atom is 0.235 e. The molecule has 6 nitrogen and oxygen atoms in total. The fourth-order valence-electron chi connectivity index (χ4n) is 3.97. The third-order valence-electron chi connectivity index (χ3n) is 5.65. The van der Waals surface area contributed by atoms with E-state index in [-0.39, 0.29) is 22.7 Å². The van der Waals surface area contributed by atoms with Gasteiger partial charge in [-0.05, 0) is 56.2 Å². The monoisotopic (exact) mass is 458 g/mol. The van der Waals surface area contributed by atoms with Gasteiger partial charge in [-0.15, -0.1) is 0 Å². The molecule has 1 atom stereocenters. The van der Waals surface area contributed by atoms with Crippen molar-refractivity contribution < 1.29 is 23.4 Å². The summed E-state index contributed by atoms with van der Waals surface area (Å²) in [6, 6.07) is 17.7. The molecule has 0 aliphatic heterocycles. The Labute approximate surface area is 197 Å². The molecular weight excluding hydrogens is 432 g/mol. The molecule has 34 heavy (non-hydrogen) atoms. The highest BCUT2D eigenvalue weighted by Gasteiger charge is 2.25. The first kappa shape index (κ1) is 23.1. The van der Waals surface area contributed by atoms with E-state index in [0.717, 1.165) is 11.1 Å². The Hall–Kier alpha value is -4.06. The second kappa shape index (κ2) is 9.43. The van der Waals surface area contributed by atoms with Gasteiger partial charge in [0.25, 0.3) is 0 Å². The predicted octanol–water partition coefficient (Wildman–Crippen LogP) is 5.74. The second-order valence-corrected chi connectivity index (χ2v) is 8.11. The largest absolute Gasteiger partial charge is 0.493 e. The van der Waals surface area contributed by atoms with Crippen molar-refractivity contribution in [2.75, 3.05) is 14.2 Å². The van der Waals surface area contributed by atoms with Crippen LogP contribution in [-0.4, -0.2) is 26.1 Å². The zero-order valence-corrected chi connectivity index (χ0v) is 19.8. The van der Waals surface area contributed by atoms with E-state index in [1.165, 1.54) is 7.11 Å². The Kier molecular flexibility index (Phi) is 6.41. The smallest absolute Gasteiger partial charge is 0.235 e. The minimum Gasteiger partial charge on any atom is -0.493 e. The number of Topliss-reactive ketones (excluding diaryl/α,β-unsaturated/α-hetero) is 1. The lowest BCUT2D eigenvalue weighted by atomic mass is 10.0. The Morgan fingerprint density at radius 1 is 0.912 bits per heavy atom. The zero-order valence-electron chi connectivity index (χ0n) is 19.8. The number of fused-ring (bicyclic) bond motifs is 1. The molecule has 4 aromatic rings. The molecule has 0 aliphatic rings. The van der Waals surface area contributed by atoms with Gasteiger partial charge in [-0.3, -0.25) is 9.59 Å². The highest BCUT2D eigenvalue weighted by Crippen LogP contribution is 2.37. The molecule has 0 spiro atoms. The number of benzene rings is 3. The fraction of sp³-hybridized carbons (Fsp3) is 0.214. The van der Waals surface area contributed by atoms with Crippen LogP contribution in [0.15, 0.2) is 69.9 Å². The number of ketones is 1. The van der Waals surface area contributed by atoms with Crippen molar-refractivity contribution in [3.8, 4) is 28.6 Å². The Balaban J connectivity index is 1.91. The van der Waals surface area contributed by atoms with Crippen molar-refractivity contribution in [2.45, 2.75) is 26.9 Å². The normalized spacial score (nSPS) is 11.8. The van der Waals surface area contributed by atoms with Crippen LogP contribution < -0.4 is 19.6 Å². The van der Waals surface area contributed by atoms with E-state index in [1.54, 1.807) is 62.6 Å². The first-order valence-electron chi connectivity index (χ1n) is 10.9. The van der Waals surface area contributed by atoms with Crippen LogP contribution in [0.3, 0.4) is 0 Å². The highest BCUT2D eigenvalue weighted by atomic mass is 16.5. The summed E-state index contributed by atoms with van der Waals surface area (Å²) < 4.78 is 23.1. The molecule has 0 bridgehead atoms. The van der Waals surface area contributed by atoms with Gasteiger partial charge in [0.1, 0.15) is 5.58 Å². The minimum absolute atomic E-state index is 0.0264. The summed E-state index contributed by atoms with van der Waals surface area (Å²) in [4.78, 5) is 26.6. The van der Waals surface area contributed by atoms with Gasteiger partial charge < -0.3 is 18.6 Å². The second-order valence-electron chi connectivity index (χ2n) is 8.11. The highest BCUT2D eigenvalue weighted by molar-refractivity contribution is 5.99. The molecule has 0 saturated heterocycles. The first-order valence-corrected chi connectivity index (χ1v) is 10.9. The van der Waals surface area contributed by atoms with Crippen molar-refractivity contribution in [3.63, 3.8) is 0 Å². The van der Waals surface area contributed by atoms with E-state index in [1.807, 2.05) is 26.0 Å². The molecular formula is C28H26O6. The SMILES string of the molecule is COc1ccc(-c2oc3c(C)cc(C)cc3c(=O)c2O[C@H](C)C(=O)c2ccccc2)cc1OC. The predicted molar refractivity (Wildman–Crippen MR) is 131 cm³/mol. The van der Waals surface area contributed by atoms with Crippen LogP contribution in [0.2, 0.25) is 0 Å². The number of methoxy groups -OCH3 is 2. The molecule has 0 N–H and O–H groups in total. The van der Waals surface area contributed by atoms with Crippen LogP contribution in [0.1, 0.15) is 28.4 Å². The molecule has 3 aromatic carbocycles. The molecule has 0 amide bonds. The number of rotatable bonds is 7. The molecule has 0 saturated carbocycles. The molecule has 174 valence electrons. The van der Waals surface area contributed by atoms with Crippen LogP contribution in [0.25, 0.3) is 22.3 Å². The van der Waals surface area contributed by atoms with Crippen molar-refractivity contribution in [3.05, 3.63) is 87.6 Å². The number of carbonyl (C=O) groups excluding carboxylic acids is 1. The summed E-state index contributed by atoms with van der Waals surface area (Å²) in [7, 11) is 3.08. The van der Waals surface area contributed by atoms with Gasteiger partial charge in [0, 0.05) is 11.1 Å². The summed E-state index contributed by atoms with van der Waals surface area (Å²) >= 11 is 0. The van der Waals surface area contributed by atoms with Gasteiger partial charge in [0.15, 0.2) is 23.4 Å². The van der Waals surface area contributed by atoms with Gasteiger partial charge in [-0.25, -0.2) is 0 Å². The van der Waals surface area contributed by atoms with Crippen LogP contribution >= 0.6 is 0 Å². The summed E-state index contributed by atoms with van der Waals surface area (Å²) in [5.41, 5.74) is 2.94. The van der Waals surface area contributed by atoms with Crippen molar-refractivity contribution >= 4 is 16.8 Å². The fourth-order valence-corrected chi connectivity index (χ4v) is 3.97. The van der Waals surface area contributed by atoms with Crippen molar-refractivity contribution in [1.29, 1.82) is 0 Å². The summed E-state index contributed by atoms with van der Waals surface area (Å²) in [6.45, 7) is 5.42. The standard InChI is InChI=1S/C28H26O6/c1-16-13-17(2)26-21(14-16)25(30)28(33-18(3)24(29)19-9-7-6-8-10-19)27(34-26)20-11-12-22(31-4)23(15-20)32-5/h6-15,18H,1-5H3/t18-/m1/s1. The third kappa shape index (κ3) is 4.27. The van der Waals surface area contributed by atoms with Crippen LogP contribution in [0.5, 0.6) is 17.2 Å². The van der Waals surface area contributed by atoms with Crippen LogP contribution in [0.4, 0.5) is 0 Å². The molecule has 4 rings (SSSR count). The molecule has 0 unspecified atom stereocenters. The van der Waals surface area contributed by atoms with Crippen LogP contribution in [-0.2, 0) is 0 Å².